The molecule has 0 unspecified atom stereocenters. The third-order valence-corrected chi connectivity index (χ3v) is 10.7. The molecule has 1 aromatic carbocycles. The van der Waals surface area contributed by atoms with Crippen molar-refractivity contribution >= 4 is 24.9 Å². The second-order valence-electron chi connectivity index (χ2n) is 9.17. The molecule has 25 heavy (non-hydrogen) atoms. The van der Waals surface area contributed by atoms with Crippen LogP contribution >= 0.6 is 0 Å². The second kappa shape index (κ2) is 6.76. The van der Waals surface area contributed by atoms with E-state index in [9.17, 15) is 0 Å². The minimum Gasteiger partial charge on any atom is -0.417 e. The van der Waals surface area contributed by atoms with Crippen molar-refractivity contribution in [3.8, 4) is 0 Å². The van der Waals surface area contributed by atoms with Crippen molar-refractivity contribution in [2.24, 2.45) is 5.92 Å². The SMILES string of the molecule is CC(C)(C)[Si](C)(C)OC[C@H]1CC[C@H](n2cc3cc(N)ccc3n2)CC1. The first-order valence-corrected chi connectivity index (χ1v) is 12.4. The molecule has 3 rings (SSSR count). The molecule has 0 amide bonds. The summed E-state index contributed by atoms with van der Waals surface area (Å²) >= 11 is 0. The molecular formula is C20H33N3OSi. The number of fused-ring (bicyclic) bond motifs is 1. The molecule has 1 aliphatic rings. The van der Waals surface area contributed by atoms with Crippen molar-refractivity contribution < 1.29 is 4.43 Å². The van der Waals surface area contributed by atoms with Crippen molar-refractivity contribution in [3.63, 3.8) is 0 Å². The third kappa shape index (κ3) is 4.09. The van der Waals surface area contributed by atoms with Gasteiger partial charge >= 0.3 is 0 Å². The Morgan fingerprint density at radius 2 is 1.88 bits per heavy atom. The van der Waals surface area contributed by atoms with Crippen LogP contribution in [0.15, 0.2) is 24.4 Å². The number of rotatable bonds is 4. The summed E-state index contributed by atoms with van der Waals surface area (Å²) in [6.07, 6.45) is 7.00. The minimum atomic E-state index is -1.63. The Hall–Kier alpha value is -1.33. The Balaban J connectivity index is 1.56. The maximum Gasteiger partial charge on any atom is 0.191 e. The molecule has 0 saturated heterocycles. The molecule has 0 atom stereocenters. The molecule has 138 valence electrons. The van der Waals surface area contributed by atoms with Crippen LogP contribution in [0.2, 0.25) is 18.1 Å². The number of benzene rings is 1. The highest BCUT2D eigenvalue weighted by Crippen LogP contribution is 2.38. The summed E-state index contributed by atoms with van der Waals surface area (Å²) in [6, 6.07) is 6.46. The number of nitrogens with zero attached hydrogens (tertiary/aromatic N) is 2. The lowest BCUT2D eigenvalue weighted by Crippen LogP contribution is -2.42. The largest absolute Gasteiger partial charge is 0.417 e. The number of aromatic nitrogens is 2. The van der Waals surface area contributed by atoms with E-state index in [-0.39, 0.29) is 0 Å². The van der Waals surface area contributed by atoms with Gasteiger partial charge in [-0.15, -0.1) is 0 Å². The van der Waals surface area contributed by atoms with Crippen LogP contribution in [0, 0.1) is 5.92 Å². The topological polar surface area (TPSA) is 53.1 Å². The predicted molar refractivity (Wildman–Crippen MR) is 108 cm³/mol. The Labute approximate surface area is 152 Å². The highest BCUT2D eigenvalue weighted by atomic mass is 28.4. The fraction of sp³-hybridized carbons (Fsp3) is 0.650. The quantitative estimate of drug-likeness (QED) is 0.589. The number of hydrogen-bond donors (Lipinski definition) is 1. The van der Waals surface area contributed by atoms with E-state index in [1.165, 1.54) is 25.7 Å². The molecule has 2 N–H and O–H groups in total. The lowest BCUT2D eigenvalue weighted by molar-refractivity contribution is 0.169. The number of hydrogen-bond acceptors (Lipinski definition) is 3. The Morgan fingerprint density at radius 3 is 2.52 bits per heavy atom. The van der Waals surface area contributed by atoms with Gasteiger partial charge in [0.15, 0.2) is 8.32 Å². The van der Waals surface area contributed by atoms with Crippen LogP contribution in [0.25, 0.3) is 10.9 Å². The van der Waals surface area contributed by atoms with Gasteiger partial charge in [0.1, 0.15) is 0 Å². The zero-order valence-corrected chi connectivity index (χ0v) is 17.4. The first-order valence-electron chi connectivity index (χ1n) is 9.54. The van der Waals surface area contributed by atoms with E-state index in [1.54, 1.807) is 0 Å². The van der Waals surface area contributed by atoms with E-state index in [4.69, 9.17) is 15.3 Å². The van der Waals surface area contributed by atoms with Gasteiger partial charge in [-0.3, -0.25) is 4.68 Å². The zero-order chi connectivity index (χ0) is 18.2. The van der Waals surface area contributed by atoms with Gasteiger partial charge in [0.05, 0.1) is 11.6 Å². The van der Waals surface area contributed by atoms with Crippen molar-refractivity contribution in [2.75, 3.05) is 12.3 Å². The van der Waals surface area contributed by atoms with E-state index in [0.29, 0.717) is 17.0 Å². The number of anilines is 1. The molecule has 0 bridgehead atoms. The average molecular weight is 360 g/mol. The molecule has 0 radical (unpaired) electrons. The number of nitrogens with two attached hydrogens (primary N) is 1. The molecule has 1 aliphatic carbocycles. The molecule has 1 heterocycles. The normalized spacial score (nSPS) is 22.4. The smallest absolute Gasteiger partial charge is 0.191 e. The predicted octanol–water partition coefficient (Wildman–Crippen LogP) is 5.37. The summed E-state index contributed by atoms with van der Waals surface area (Å²) < 4.78 is 8.60. The van der Waals surface area contributed by atoms with Crippen LogP contribution < -0.4 is 5.73 Å². The molecule has 4 nitrogen and oxygen atoms in total. The van der Waals surface area contributed by atoms with Crippen molar-refractivity contribution in [3.05, 3.63) is 24.4 Å². The van der Waals surface area contributed by atoms with Gasteiger partial charge in [-0.25, -0.2) is 0 Å². The Kier molecular flexibility index (Phi) is 4.99. The van der Waals surface area contributed by atoms with Crippen LogP contribution in [0.1, 0.15) is 52.5 Å². The van der Waals surface area contributed by atoms with Gasteiger partial charge in [-0.2, -0.15) is 5.10 Å². The van der Waals surface area contributed by atoms with Crippen LogP contribution in [0.5, 0.6) is 0 Å². The standard InChI is InChI=1S/C20H33N3OSi/c1-20(2,3)25(4,5)24-14-15-6-9-18(10-7-15)23-13-16-12-17(21)8-11-19(16)22-23/h8,11-13,15,18H,6-7,9-10,14,21H2,1-5H3/t15-,18-. The lowest BCUT2D eigenvalue weighted by Gasteiger charge is -2.38. The lowest BCUT2D eigenvalue weighted by atomic mass is 9.87. The van der Waals surface area contributed by atoms with E-state index in [2.05, 4.69) is 44.7 Å². The van der Waals surface area contributed by atoms with Crippen molar-refractivity contribution in [1.82, 2.24) is 9.78 Å². The van der Waals surface area contributed by atoms with Gasteiger partial charge in [-0.05, 0) is 67.9 Å². The van der Waals surface area contributed by atoms with Gasteiger partial charge in [-0.1, -0.05) is 20.8 Å². The zero-order valence-electron chi connectivity index (χ0n) is 16.4. The maximum absolute atomic E-state index is 6.44. The molecule has 0 aliphatic heterocycles. The fourth-order valence-corrected chi connectivity index (χ4v) is 4.45. The van der Waals surface area contributed by atoms with E-state index in [0.717, 1.165) is 23.2 Å². The van der Waals surface area contributed by atoms with Gasteiger partial charge in [0.2, 0.25) is 0 Å². The summed E-state index contributed by atoms with van der Waals surface area (Å²) in [7, 11) is -1.63. The summed E-state index contributed by atoms with van der Waals surface area (Å²) in [5.74, 6) is 0.700. The summed E-state index contributed by atoms with van der Waals surface area (Å²) in [5.41, 5.74) is 7.72. The summed E-state index contributed by atoms with van der Waals surface area (Å²) in [6.45, 7) is 12.6. The van der Waals surface area contributed by atoms with Crippen molar-refractivity contribution in [2.45, 2.75) is 70.6 Å². The Morgan fingerprint density at radius 1 is 1.20 bits per heavy atom. The van der Waals surface area contributed by atoms with Gasteiger partial charge in [0.25, 0.3) is 0 Å². The molecule has 0 spiro atoms. The molecule has 1 aromatic heterocycles. The first kappa shape index (κ1) is 18.5. The third-order valence-electron chi connectivity index (χ3n) is 6.22. The van der Waals surface area contributed by atoms with Gasteiger partial charge in [0, 0.05) is 23.9 Å². The molecule has 5 heteroatoms. The first-order chi connectivity index (χ1) is 11.7. The Bertz CT molecular complexity index is 724. The molecule has 2 aromatic rings. The molecule has 1 saturated carbocycles. The molecular weight excluding hydrogens is 326 g/mol. The summed E-state index contributed by atoms with van der Waals surface area (Å²) in [5, 5.41) is 6.19. The minimum absolute atomic E-state index is 0.293. The van der Waals surface area contributed by atoms with E-state index < -0.39 is 8.32 Å². The highest BCUT2D eigenvalue weighted by Gasteiger charge is 2.37. The molecule has 1 fully saturated rings. The average Bonchev–Trinajstić information content (AvgIpc) is 2.95. The van der Waals surface area contributed by atoms with Crippen LogP contribution in [0.4, 0.5) is 5.69 Å². The van der Waals surface area contributed by atoms with E-state index >= 15 is 0 Å². The van der Waals surface area contributed by atoms with Gasteiger partial charge < -0.3 is 10.2 Å². The number of nitrogen functional groups attached to an aromatic ring is 1. The second-order valence-corrected chi connectivity index (χ2v) is 14.0. The monoisotopic (exact) mass is 359 g/mol. The maximum atomic E-state index is 6.44. The highest BCUT2D eigenvalue weighted by molar-refractivity contribution is 6.74. The van der Waals surface area contributed by atoms with Crippen LogP contribution in [-0.4, -0.2) is 24.7 Å². The van der Waals surface area contributed by atoms with Crippen molar-refractivity contribution in [1.29, 1.82) is 0 Å². The van der Waals surface area contributed by atoms with Crippen LogP contribution in [-0.2, 0) is 4.43 Å². The summed E-state index contributed by atoms with van der Waals surface area (Å²) in [4.78, 5) is 0. The van der Waals surface area contributed by atoms with Crippen LogP contribution in [0.3, 0.4) is 0 Å². The van der Waals surface area contributed by atoms with E-state index in [1.807, 2.05) is 18.2 Å². The fourth-order valence-electron chi connectivity index (χ4n) is 3.37.